The first-order valence-electron chi connectivity index (χ1n) is 13.0. The lowest BCUT2D eigenvalue weighted by Crippen LogP contribution is -2.37. The van der Waals surface area contributed by atoms with Crippen LogP contribution in [0.2, 0.25) is 0 Å². The zero-order valence-electron chi connectivity index (χ0n) is 19.8. The number of hydrogen-bond acceptors (Lipinski definition) is 5. The zero-order chi connectivity index (χ0) is 22.5. The molecule has 2 aromatic rings. The summed E-state index contributed by atoms with van der Waals surface area (Å²) < 4.78 is 0. The molecule has 1 aromatic carbocycles. The standard InChI is InChI=1S/C27H37N5O/c33-26(25-23-13-4-5-14-24(23)28-27(29-25)32-17-6-7-18-32)31-19-9-16-30(20-21-31)15-8-12-22-10-2-1-3-11-22/h1-3,10-11H,4-9,12-21H2. The Hall–Kier alpha value is -2.47. The Bertz CT molecular complexity index is 941. The molecule has 176 valence electrons. The first-order valence-corrected chi connectivity index (χ1v) is 13.0. The molecule has 3 heterocycles. The van der Waals surface area contributed by atoms with Crippen LogP contribution in [0.5, 0.6) is 0 Å². The van der Waals surface area contributed by atoms with Crippen molar-refractivity contribution >= 4 is 11.9 Å². The van der Waals surface area contributed by atoms with Gasteiger partial charge in [-0.15, -0.1) is 0 Å². The Morgan fingerprint density at radius 3 is 2.48 bits per heavy atom. The van der Waals surface area contributed by atoms with Gasteiger partial charge in [-0.05, 0) is 76.4 Å². The number of anilines is 1. The van der Waals surface area contributed by atoms with Crippen LogP contribution >= 0.6 is 0 Å². The second-order valence-electron chi connectivity index (χ2n) is 9.78. The van der Waals surface area contributed by atoms with Crippen LogP contribution in [-0.4, -0.2) is 71.5 Å². The predicted molar refractivity (Wildman–Crippen MR) is 132 cm³/mol. The maximum Gasteiger partial charge on any atom is 0.272 e. The molecule has 6 nitrogen and oxygen atoms in total. The predicted octanol–water partition coefficient (Wildman–Crippen LogP) is 3.74. The highest BCUT2D eigenvalue weighted by Gasteiger charge is 2.28. The number of fused-ring (bicyclic) bond motifs is 1. The van der Waals surface area contributed by atoms with E-state index in [1.807, 2.05) is 0 Å². The molecule has 1 aromatic heterocycles. The van der Waals surface area contributed by atoms with Crippen molar-refractivity contribution in [2.45, 2.75) is 57.8 Å². The summed E-state index contributed by atoms with van der Waals surface area (Å²) in [4.78, 5) is 30.3. The summed E-state index contributed by atoms with van der Waals surface area (Å²) in [5.74, 6) is 0.913. The molecule has 33 heavy (non-hydrogen) atoms. The topological polar surface area (TPSA) is 52.6 Å². The second kappa shape index (κ2) is 10.6. The van der Waals surface area contributed by atoms with Crippen molar-refractivity contribution in [3.63, 3.8) is 0 Å². The largest absolute Gasteiger partial charge is 0.341 e. The summed E-state index contributed by atoms with van der Waals surface area (Å²) in [6.07, 6.45) is 9.91. The average molecular weight is 448 g/mol. The molecule has 2 saturated heterocycles. The van der Waals surface area contributed by atoms with E-state index in [0.29, 0.717) is 5.69 Å². The number of carbonyl (C=O) groups excluding carboxylic acids is 1. The number of hydrogen-bond donors (Lipinski definition) is 0. The van der Waals surface area contributed by atoms with E-state index in [2.05, 4.69) is 45.0 Å². The molecule has 0 atom stereocenters. The molecule has 1 aliphatic carbocycles. The fourth-order valence-electron chi connectivity index (χ4n) is 5.52. The lowest BCUT2D eigenvalue weighted by atomic mass is 9.94. The van der Waals surface area contributed by atoms with Gasteiger partial charge < -0.3 is 14.7 Å². The summed E-state index contributed by atoms with van der Waals surface area (Å²) in [6.45, 7) is 6.75. The fraction of sp³-hybridized carbons (Fsp3) is 0.593. The highest BCUT2D eigenvalue weighted by molar-refractivity contribution is 5.94. The molecular formula is C27H37N5O. The van der Waals surface area contributed by atoms with Gasteiger partial charge in [-0.25, -0.2) is 9.97 Å². The molecule has 2 aliphatic heterocycles. The molecule has 0 bridgehead atoms. The highest BCUT2D eigenvalue weighted by Crippen LogP contribution is 2.27. The van der Waals surface area contributed by atoms with Crippen molar-refractivity contribution in [3.8, 4) is 0 Å². The van der Waals surface area contributed by atoms with E-state index in [9.17, 15) is 4.79 Å². The quantitative estimate of drug-likeness (QED) is 0.675. The van der Waals surface area contributed by atoms with Crippen LogP contribution in [-0.2, 0) is 19.3 Å². The Balaban J connectivity index is 1.24. The Morgan fingerprint density at radius 2 is 1.64 bits per heavy atom. The summed E-state index contributed by atoms with van der Waals surface area (Å²) in [6, 6.07) is 10.7. The number of carbonyl (C=O) groups is 1. The van der Waals surface area contributed by atoms with E-state index in [1.54, 1.807) is 0 Å². The number of rotatable bonds is 6. The van der Waals surface area contributed by atoms with Crippen LogP contribution in [0.4, 0.5) is 5.95 Å². The first kappa shape index (κ1) is 22.3. The minimum atomic E-state index is 0.127. The van der Waals surface area contributed by atoms with Crippen LogP contribution in [0.1, 0.15) is 65.8 Å². The van der Waals surface area contributed by atoms with Crippen molar-refractivity contribution < 1.29 is 4.79 Å². The number of nitrogens with zero attached hydrogens (tertiary/aromatic N) is 5. The third-order valence-electron chi connectivity index (χ3n) is 7.42. The second-order valence-corrected chi connectivity index (χ2v) is 9.78. The van der Waals surface area contributed by atoms with Crippen molar-refractivity contribution in [3.05, 3.63) is 52.8 Å². The summed E-state index contributed by atoms with van der Waals surface area (Å²) >= 11 is 0. The van der Waals surface area contributed by atoms with Gasteiger partial charge in [0, 0.05) is 44.0 Å². The molecule has 3 aliphatic rings. The molecule has 0 radical (unpaired) electrons. The van der Waals surface area contributed by atoms with E-state index in [0.717, 1.165) is 102 Å². The number of benzene rings is 1. The Morgan fingerprint density at radius 1 is 0.818 bits per heavy atom. The van der Waals surface area contributed by atoms with Crippen LogP contribution in [0, 0.1) is 0 Å². The monoisotopic (exact) mass is 447 g/mol. The van der Waals surface area contributed by atoms with Crippen LogP contribution in [0.15, 0.2) is 30.3 Å². The molecule has 6 heteroatoms. The number of aryl methyl sites for hydroxylation is 2. The van der Waals surface area contributed by atoms with Gasteiger partial charge in [-0.3, -0.25) is 4.79 Å². The molecule has 0 spiro atoms. The minimum Gasteiger partial charge on any atom is -0.341 e. The number of amides is 1. The van der Waals surface area contributed by atoms with Crippen molar-refractivity contribution in [1.29, 1.82) is 0 Å². The van der Waals surface area contributed by atoms with Gasteiger partial charge in [0.05, 0.1) is 0 Å². The summed E-state index contributed by atoms with van der Waals surface area (Å²) in [5, 5.41) is 0. The van der Waals surface area contributed by atoms with E-state index >= 15 is 0 Å². The highest BCUT2D eigenvalue weighted by atomic mass is 16.2. The van der Waals surface area contributed by atoms with Crippen molar-refractivity contribution in [1.82, 2.24) is 19.8 Å². The van der Waals surface area contributed by atoms with Crippen molar-refractivity contribution in [2.75, 3.05) is 50.7 Å². The van der Waals surface area contributed by atoms with Gasteiger partial charge in [-0.2, -0.15) is 0 Å². The SMILES string of the molecule is O=C(c1nc(N2CCCC2)nc2c1CCCC2)N1CCCN(CCCc2ccccc2)CC1. The average Bonchev–Trinajstić information content (AvgIpc) is 3.30. The lowest BCUT2D eigenvalue weighted by molar-refractivity contribution is 0.0753. The van der Waals surface area contributed by atoms with E-state index in [-0.39, 0.29) is 5.91 Å². The normalized spacial score (nSPS) is 19.4. The number of aromatic nitrogens is 2. The maximum absolute atomic E-state index is 13.7. The molecule has 2 fully saturated rings. The van der Waals surface area contributed by atoms with E-state index in [4.69, 9.17) is 9.97 Å². The smallest absolute Gasteiger partial charge is 0.272 e. The third kappa shape index (κ3) is 5.37. The first-order chi connectivity index (χ1) is 16.3. The van der Waals surface area contributed by atoms with Crippen LogP contribution in [0.3, 0.4) is 0 Å². The van der Waals surface area contributed by atoms with E-state index in [1.165, 1.54) is 24.8 Å². The van der Waals surface area contributed by atoms with Gasteiger partial charge in [0.25, 0.3) is 5.91 Å². The zero-order valence-corrected chi connectivity index (χ0v) is 19.8. The van der Waals surface area contributed by atoms with Gasteiger partial charge in [0.2, 0.25) is 5.95 Å². The molecule has 0 saturated carbocycles. The molecule has 1 amide bonds. The molecule has 0 N–H and O–H groups in total. The van der Waals surface area contributed by atoms with Gasteiger partial charge >= 0.3 is 0 Å². The fourth-order valence-corrected chi connectivity index (χ4v) is 5.52. The lowest BCUT2D eigenvalue weighted by Gasteiger charge is -2.26. The van der Waals surface area contributed by atoms with Crippen LogP contribution in [0.25, 0.3) is 0 Å². The molecule has 0 unspecified atom stereocenters. The summed E-state index contributed by atoms with van der Waals surface area (Å²) in [7, 11) is 0. The third-order valence-corrected chi connectivity index (χ3v) is 7.42. The Kier molecular flexibility index (Phi) is 7.20. The minimum absolute atomic E-state index is 0.127. The van der Waals surface area contributed by atoms with Crippen LogP contribution < -0.4 is 4.90 Å². The molecular weight excluding hydrogens is 410 g/mol. The van der Waals surface area contributed by atoms with E-state index < -0.39 is 0 Å². The van der Waals surface area contributed by atoms with Gasteiger partial charge in [0.15, 0.2) is 0 Å². The van der Waals surface area contributed by atoms with Crippen molar-refractivity contribution in [2.24, 2.45) is 0 Å². The van der Waals surface area contributed by atoms with Gasteiger partial charge in [0.1, 0.15) is 5.69 Å². The summed E-state index contributed by atoms with van der Waals surface area (Å²) in [5.41, 5.74) is 4.35. The van der Waals surface area contributed by atoms with Gasteiger partial charge in [-0.1, -0.05) is 30.3 Å². The Labute approximate surface area is 198 Å². The maximum atomic E-state index is 13.7. The molecule has 5 rings (SSSR count).